The van der Waals surface area contributed by atoms with Crippen molar-refractivity contribution in [1.82, 2.24) is 5.32 Å². The highest BCUT2D eigenvalue weighted by molar-refractivity contribution is 5.97. The normalized spacial score (nSPS) is 14.1. The van der Waals surface area contributed by atoms with Crippen LogP contribution in [0.25, 0.3) is 0 Å². The van der Waals surface area contributed by atoms with Crippen molar-refractivity contribution < 1.29 is 27.8 Å². The number of carbonyl (C=O) groups excluding carboxylic acids is 1. The zero-order valence-corrected chi connectivity index (χ0v) is 15.6. The van der Waals surface area contributed by atoms with E-state index in [2.05, 4.69) is 10.1 Å². The Balaban J connectivity index is 1.73. The van der Waals surface area contributed by atoms with Gasteiger partial charge in [-0.05, 0) is 43.9 Å². The Kier molecular flexibility index (Phi) is 6.68. The van der Waals surface area contributed by atoms with Gasteiger partial charge in [0.25, 0.3) is 5.91 Å². The van der Waals surface area contributed by atoms with Gasteiger partial charge < -0.3 is 19.5 Å². The maximum absolute atomic E-state index is 12.8. The molecular weight excluding hydrogens is 368 g/mol. The molecule has 1 amide bonds. The molecule has 3 rings (SSSR count). The molecule has 28 heavy (non-hydrogen) atoms. The molecular formula is C21H23F2NO4. The third-order valence-corrected chi connectivity index (χ3v) is 4.66. The van der Waals surface area contributed by atoms with Crippen LogP contribution in [0, 0.1) is 0 Å². The number of benzene rings is 2. The van der Waals surface area contributed by atoms with E-state index in [1.807, 2.05) is 24.3 Å². The standard InChI is InChI=1S/C21H23F2NO4/c1-26-18-12-6-10-16(19(18)28-21(22)23)20(25)24-13-14-7-2-5-11-17(14)27-15-8-3-4-9-15/h2,5-7,10-12,15,21H,3-4,8-9,13H2,1H3,(H,24,25). The van der Waals surface area contributed by atoms with E-state index in [4.69, 9.17) is 9.47 Å². The van der Waals surface area contributed by atoms with Crippen LogP contribution in [0.1, 0.15) is 41.6 Å². The number of rotatable bonds is 8. The molecule has 1 N–H and O–H groups in total. The minimum Gasteiger partial charge on any atom is -0.493 e. The topological polar surface area (TPSA) is 56.8 Å². The van der Waals surface area contributed by atoms with E-state index in [1.54, 1.807) is 6.07 Å². The summed E-state index contributed by atoms with van der Waals surface area (Å²) < 4.78 is 41.1. The molecule has 1 aliphatic rings. The number of hydrogen-bond donors (Lipinski definition) is 1. The van der Waals surface area contributed by atoms with Crippen molar-refractivity contribution in [3.05, 3.63) is 53.6 Å². The maximum atomic E-state index is 12.8. The second-order valence-corrected chi connectivity index (χ2v) is 6.53. The number of para-hydroxylation sites is 2. The SMILES string of the molecule is COc1cccc(C(=O)NCc2ccccc2OC2CCCC2)c1OC(F)F. The van der Waals surface area contributed by atoms with Gasteiger partial charge >= 0.3 is 6.61 Å². The van der Waals surface area contributed by atoms with Crippen LogP contribution in [-0.4, -0.2) is 25.7 Å². The lowest BCUT2D eigenvalue weighted by molar-refractivity contribution is -0.0515. The van der Waals surface area contributed by atoms with Crippen molar-refractivity contribution in [1.29, 1.82) is 0 Å². The molecule has 2 aromatic rings. The highest BCUT2D eigenvalue weighted by Gasteiger charge is 2.21. The first-order valence-corrected chi connectivity index (χ1v) is 9.23. The maximum Gasteiger partial charge on any atom is 0.387 e. The van der Waals surface area contributed by atoms with Crippen LogP contribution in [0.15, 0.2) is 42.5 Å². The lowest BCUT2D eigenvalue weighted by Gasteiger charge is -2.17. The number of hydrogen-bond acceptors (Lipinski definition) is 4. The number of methoxy groups -OCH3 is 1. The lowest BCUT2D eigenvalue weighted by atomic mass is 10.1. The smallest absolute Gasteiger partial charge is 0.387 e. The Morgan fingerprint density at radius 1 is 1.11 bits per heavy atom. The van der Waals surface area contributed by atoms with Crippen LogP contribution in [0.2, 0.25) is 0 Å². The van der Waals surface area contributed by atoms with Gasteiger partial charge in [-0.25, -0.2) is 0 Å². The molecule has 0 atom stereocenters. The van der Waals surface area contributed by atoms with Crippen molar-refractivity contribution >= 4 is 5.91 Å². The summed E-state index contributed by atoms with van der Waals surface area (Å²) >= 11 is 0. The van der Waals surface area contributed by atoms with Crippen LogP contribution >= 0.6 is 0 Å². The number of alkyl halides is 2. The average molecular weight is 391 g/mol. The minimum atomic E-state index is -3.07. The summed E-state index contributed by atoms with van der Waals surface area (Å²) in [6.45, 7) is -2.86. The molecule has 1 aliphatic carbocycles. The molecule has 0 unspecified atom stereocenters. The number of ether oxygens (including phenoxy) is 3. The molecule has 0 spiro atoms. The molecule has 5 nitrogen and oxygen atoms in total. The Bertz CT molecular complexity index is 807. The summed E-state index contributed by atoms with van der Waals surface area (Å²) in [6, 6.07) is 11.9. The zero-order valence-electron chi connectivity index (χ0n) is 15.6. The molecule has 2 aromatic carbocycles. The van der Waals surface area contributed by atoms with E-state index in [0.29, 0.717) is 0 Å². The molecule has 0 aromatic heterocycles. The van der Waals surface area contributed by atoms with Crippen LogP contribution < -0.4 is 19.5 Å². The number of amides is 1. The zero-order chi connectivity index (χ0) is 19.9. The summed E-state index contributed by atoms with van der Waals surface area (Å²) in [7, 11) is 1.33. The monoisotopic (exact) mass is 391 g/mol. The first kappa shape index (κ1) is 19.9. The quantitative estimate of drug-likeness (QED) is 0.717. The van der Waals surface area contributed by atoms with Crippen LogP contribution in [0.3, 0.4) is 0 Å². The minimum absolute atomic E-state index is 0.0196. The van der Waals surface area contributed by atoms with Crippen molar-refractivity contribution in [2.75, 3.05) is 7.11 Å². The van der Waals surface area contributed by atoms with Crippen molar-refractivity contribution in [2.24, 2.45) is 0 Å². The van der Waals surface area contributed by atoms with Gasteiger partial charge in [0.1, 0.15) is 5.75 Å². The van der Waals surface area contributed by atoms with E-state index in [0.717, 1.165) is 37.0 Å². The Morgan fingerprint density at radius 2 is 1.82 bits per heavy atom. The van der Waals surface area contributed by atoms with Gasteiger partial charge in [0.2, 0.25) is 0 Å². The summed E-state index contributed by atoms with van der Waals surface area (Å²) in [5.74, 6) is -0.0273. The van der Waals surface area contributed by atoms with Crippen molar-refractivity contribution in [3.8, 4) is 17.2 Å². The van der Waals surface area contributed by atoms with E-state index >= 15 is 0 Å². The highest BCUT2D eigenvalue weighted by atomic mass is 19.3. The fourth-order valence-electron chi connectivity index (χ4n) is 3.29. The second kappa shape index (κ2) is 9.39. The predicted molar refractivity (Wildman–Crippen MR) is 100 cm³/mol. The summed E-state index contributed by atoms with van der Waals surface area (Å²) in [4.78, 5) is 12.6. The molecule has 7 heteroatoms. The Hall–Kier alpha value is -2.83. The van der Waals surface area contributed by atoms with E-state index in [-0.39, 0.29) is 29.7 Å². The molecule has 1 fully saturated rings. The molecule has 1 saturated carbocycles. The Morgan fingerprint density at radius 3 is 2.54 bits per heavy atom. The van der Waals surface area contributed by atoms with E-state index in [9.17, 15) is 13.6 Å². The molecule has 0 radical (unpaired) electrons. The summed E-state index contributed by atoms with van der Waals surface area (Å²) in [5, 5.41) is 2.75. The predicted octanol–water partition coefficient (Wildman–Crippen LogP) is 4.55. The summed E-state index contributed by atoms with van der Waals surface area (Å²) in [5.41, 5.74) is 0.802. The number of halogens is 2. The van der Waals surface area contributed by atoms with Crippen LogP contribution in [0.4, 0.5) is 8.78 Å². The fourth-order valence-corrected chi connectivity index (χ4v) is 3.29. The first-order valence-electron chi connectivity index (χ1n) is 9.23. The third-order valence-electron chi connectivity index (χ3n) is 4.66. The van der Waals surface area contributed by atoms with Crippen molar-refractivity contribution in [3.63, 3.8) is 0 Å². The highest BCUT2D eigenvalue weighted by Crippen LogP contribution is 2.32. The van der Waals surface area contributed by atoms with Gasteiger partial charge in [0.15, 0.2) is 11.5 Å². The average Bonchev–Trinajstić information content (AvgIpc) is 3.20. The lowest BCUT2D eigenvalue weighted by Crippen LogP contribution is -2.24. The van der Waals surface area contributed by atoms with Gasteiger partial charge in [0.05, 0.1) is 18.8 Å². The van der Waals surface area contributed by atoms with Gasteiger partial charge in [-0.1, -0.05) is 24.3 Å². The number of nitrogens with one attached hydrogen (secondary N) is 1. The Labute approximate surface area is 162 Å². The van der Waals surface area contributed by atoms with Gasteiger partial charge in [0, 0.05) is 12.1 Å². The first-order chi connectivity index (χ1) is 13.6. The molecule has 0 bridgehead atoms. The third kappa shape index (κ3) is 4.91. The second-order valence-electron chi connectivity index (χ2n) is 6.53. The molecule has 0 saturated heterocycles. The number of carbonyl (C=O) groups is 1. The molecule has 0 aliphatic heterocycles. The van der Waals surface area contributed by atoms with E-state index in [1.165, 1.54) is 19.2 Å². The molecule has 0 heterocycles. The van der Waals surface area contributed by atoms with Gasteiger partial charge in [-0.3, -0.25) is 4.79 Å². The van der Waals surface area contributed by atoms with Crippen molar-refractivity contribution in [2.45, 2.75) is 44.9 Å². The van der Waals surface area contributed by atoms with Crippen LogP contribution in [0.5, 0.6) is 17.2 Å². The summed E-state index contributed by atoms with van der Waals surface area (Å²) in [6.07, 6.45) is 4.57. The van der Waals surface area contributed by atoms with Crippen LogP contribution in [-0.2, 0) is 6.54 Å². The van der Waals surface area contributed by atoms with Gasteiger partial charge in [-0.15, -0.1) is 0 Å². The largest absolute Gasteiger partial charge is 0.493 e. The fraction of sp³-hybridized carbons (Fsp3) is 0.381. The van der Waals surface area contributed by atoms with Gasteiger partial charge in [-0.2, -0.15) is 8.78 Å². The van der Waals surface area contributed by atoms with E-state index < -0.39 is 12.5 Å². The molecule has 150 valence electrons.